The number of amides is 1. The molecule has 2 heterocycles. The van der Waals surface area contributed by atoms with E-state index >= 15 is 0 Å². The van der Waals surface area contributed by atoms with E-state index in [1.807, 2.05) is 37.3 Å². The van der Waals surface area contributed by atoms with Crippen molar-refractivity contribution in [2.75, 3.05) is 11.1 Å². The third kappa shape index (κ3) is 4.80. The number of imidazole rings is 1. The molecule has 1 amide bonds. The van der Waals surface area contributed by atoms with Gasteiger partial charge in [-0.15, -0.1) is 0 Å². The van der Waals surface area contributed by atoms with E-state index in [-0.39, 0.29) is 11.2 Å². The lowest BCUT2D eigenvalue weighted by Gasteiger charge is -2.13. The van der Waals surface area contributed by atoms with Crippen LogP contribution in [0.25, 0.3) is 21.9 Å². The van der Waals surface area contributed by atoms with Crippen molar-refractivity contribution in [1.29, 1.82) is 0 Å². The number of hydrogen-bond acceptors (Lipinski definition) is 5. The van der Waals surface area contributed by atoms with Gasteiger partial charge in [-0.05, 0) is 42.2 Å². The van der Waals surface area contributed by atoms with Gasteiger partial charge >= 0.3 is 0 Å². The number of fused-ring (bicyclic) bond motifs is 3. The summed E-state index contributed by atoms with van der Waals surface area (Å²) in [4.78, 5) is 21.1. The van der Waals surface area contributed by atoms with Crippen molar-refractivity contribution in [3.63, 3.8) is 0 Å². The number of aromatic nitrogens is 3. The van der Waals surface area contributed by atoms with Gasteiger partial charge in [0, 0.05) is 24.9 Å². The molecule has 2 aromatic heterocycles. The minimum absolute atomic E-state index is 0.0687. The molecule has 0 unspecified atom stereocenters. The van der Waals surface area contributed by atoms with Crippen LogP contribution in [-0.4, -0.2) is 30.9 Å². The van der Waals surface area contributed by atoms with Crippen LogP contribution in [0.4, 0.5) is 5.82 Å². The van der Waals surface area contributed by atoms with Gasteiger partial charge in [-0.3, -0.25) is 4.79 Å². The molecule has 172 valence electrons. The maximum absolute atomic E-state index is 11.6. The molecule has 8 heteroatoms. The molecule has 0 fully saturated rings. The molecule has 4 N–H and O–H groups in total. The predicted molar refractivity (Wildman–Crippen MR) is 136 cm³/mol. The third-order valence-corrected chi connectivity index (χ3v) is 6.32. The van der Waals surface area contributed by atoms with Gasteiger partial charge < -0.3 is 20.7 Å². The van der Waals surface area contributed by atoms with Gasteiger partial charge in [-0.2, -0.15) is 0 Å². The van der Waals surface area contributed by atoms with Crippen LogP contribution in [0.3, 0.4) is 0 Å². The number of nitrogens with two attached hydrogens (primary N) is 1. The van der Waals surface area contributed by atoms with Gasteiger partial charge in [-0.25, -0.2) is 9.97 Å². The number of phenolic OH excluding ortho intramolecular Hbond substituents is 1. The van der Waals surface area contributed by atoms with Crippen LogP contribution in [0.1, 0.15) is 42.3 Å². The SMILES string of the molecule is CCCCc1nc2c(N)nc3cc(CNC(=O)CBr)ccc3c2n1Cc1ccc(O)c(C)c1. The van der Waals surface area contributed by atoms with E-state index in [2.05, 4.69) is 37.7 Å². The van der Waals surface area contributed by atoms with Crippen molar-refractivity contribution in [1.82, 2.24) is 19.9 Å². The summed E-state index contributed by atoms with van der Waals surface area (Å²) in [6.07, 6.45) is 2.94. The number of unbranched alkanes of at least 4 members (excludes halogenated alkanes) is 1. The van der Waals surface area contributed by atoms with Crippen molar-refractivity contribution < 1.29 is 9.90 Å². The highest BCUT2D eigenvalue weighted by atomic mass is 79.9. The fraction of sp³-hybridized carbons (Fsp3) is 0.320. The molecule has 0 saturated carbocycles. The van der Waals surface area contributed by atoms with E-state index in [1.54, 1.807) is 6.07 Å². The van der Waals surface area contributed by atoms with Crippen LogP contribution in [0.5, 0.6) is 5.75 Å². The predicted octanol–water partition coefficient (Wildman–Crippen LogP) is 4.58. The largest absolute Gasteiger partial charge is 0.508 e. The molecule has 4 aromatic rings. The number of halogens is 1. The Morgan fingerprint density at radius 1 is 1.18 bits per heavy atom. The van der Waals surface area contributed by atoms with Gasteiger partial charge in [-0.1, -0.05) is 53.5 Å². The zero-order valence-corrected chi connectivity index (χ0v) is 20.4. The van der Waals surface area contributed by atoms with E-state index in [4.69, 9.17) is 10.7 Å². The summed E-state index contributed by atoms with van der Waals surface area (Å²) in [7, 11) is 0. The lowest BCUT2D eigenvalue weighted by Crippen LogP contribution is -2.23. The van der Waals surface area contributed by atoms with E-state index in [0.717, 1.165) is 58.2 Å². The summed E-state index contributed by atoms with van der Waals surface area (Å²) >= 11 is 3.16. The van der Waals surface area contributed by atoms with E-state index in [9.17, 15) is 9.90 Å². The zero-order chi connectivity index (χ0) is 23.5. The Bertz CT molecular complexity index is 1330. The summed E-state index contributed by atoms with van der Waals surface area (Å²) < 4.78 is 2.23. The first-order valence-electron chi connectivity index (χ1n) is 11.1. The Balaban J connectivity index is 1.85. The molecule has 33 heavy (non-hydrogen) atoms. The molecular formula is C25H28BrN5O2. The number of aromatic hydroxyl groups is 1. The molecule has 0 aliphatic carbocycles. The number of carbonyl (C=O) groups is 1. The summed E-state index contributed by atoms with van der Waals surface area (Å²) in [5, 5.41) is 14.0. The number of nitrogen functional groups attached to an aromatic ring is 1. The first-order valence-corrected chi connectivity index (χ1v) is 12.2. The summed E-state index contributed by atoms with van der Waals surface area (Å²) in [5.74, 6) is 1.60. The maximum Gasteiger partial charge on any atom is 0.230 e. The molecular weight excluding hydrogens is 482 g/mol. The van der Waals surface area contributed by atoms with E-state index in [1.165, 1.54) is 0 Å². The fourth-order valence-corrected chi connectivity index (χ4v) is 4.25. The second-order valence-corrected chi connectivity index (χ2v) is 8.86. The average molecular weight is 510 g/mol. The number of benzene rings is 2. The number of phenols is 1. The molecule has 0 bridgehead atoms. The molecule has 0 aliphatic rings. The molecule has 0 aliphatic heterocycles. The summed E-state index contributed by atoms with van der Waals surface area (Å²) in [5.41, 5.74) is 11.7. The van der Waals surface area contributed by atoms with Crippen LogP contribution in [0, 0.1) is 6.92 Å². The van der Waals surface area contributed by atoms with Crippen LogP contribution in [-0.2, 0) is 24.3 Å². The molecule has 0 spiro atoms. The van der Waals surface area contributed by atoms with Crippen molar-refractivity contribution in [3.8, 4) is 5.75 Å². The second-order valence-electron chi connectivity index (χ2n) is 8.29. The quantitative estimate of drug-likeness (QED) is 0.301. The number of hydrogen-bond donors (Lipinski definition) is 3. The van der Waals surface area contributed by atoms with Crippen molar-refractivity contribution in [3.05, 3.63) is 58.9 Å². The molecule has 0 radical (unpaired) electrons. The molecule has 0 atom stereocenters. The molecule has 0 saturated heterocycles. The molecule has 4 rings (SSSR count). The van der Waals surface area contributed by atoms with Crippen LogP contribution < -0.4 is 11.1 Å². The first-order chi connectivity index (χ1) is 15.9. The highest BCUT2D eigenvalue weighted by molar-refractivity contribution is 9.09. The number of pyridine rings is 1. The first kappa shape index (κ1) is 23.0. The number of aryl methyl sites for hydroxylation is 2. The van der Waals surface area contributed by atoms with Crippen molar-refractivity contribution in [2.24, 2.45) is 0 Å². The van der Waals surface area contributed by atoms with E-state index < -0.39 is 0 Å². The fourth-order valence-electron chi connectivity index (χ4n) is 4.06. The normalized spacial score (nSPS) is 11.4. The number of rotatable bonds is 8. The topological polar surface area (TPSA) is 106 Å². The smallest absolute Gasteiger partial charge is 0.230 e. The molecule has 2 aromatic carbocycles. The highest BCUT2D eigenvalue weighted by Gasteiger charge is 2.18. The number of carbonyl (C=O) groups excluding carboxylic acids is 1. The number of alkyl halides is 1. The van der Waals surface area contributed by atoms with Gasteiger partial charge in [0.15, 0.2) is 5.82 Å². The minimum atomic E-state index is -0.0687. The Labute approximate surface area is 201 Å². The van der Waals surface area contributed by atoms with Crippen molar-refractivity contribution >= 4 is 49.6 Å². The highest BCUT2D eigenvalue weighted by Crippen LogP contribution is 2.31. The van der Waals surface area contributed by atoms with E-state index in [0.29, 0.717) is 30.2 Å². The average Bonchev–Trinajstić information content (AvgIpc) is 3.17. The second kappa shape index (κ2) is 9.79. The lowest BCUT2D eigenvalue weighted by molar-refractivity contribution is -0.118. The standard InChI is InChI=1S/C25H28BrN5O2/c1-3-4-5-21-30-23-24(31(21)14-17-7-9-20(32)15(2)10-17)18-8-6-16(13-28-22(33)12-26)11-19(18)29-25(23)27/h6-11,32H,3-5,12-14H2,1-2H3,(H2,27,29)(H,28,33). The van der Waals surface area contributed by atoms with Gasteiger partial charge in [0.1, 0.15) is 17.1 Å². The Morgan fingerprint density at radius 2 is 1.97 bits per heavy atom. The Kier molecular flexibility index (Phi) is 6.83. The van der Waals surface area contributed by atoms with Crippen LogP contribution in [0.2, 0.25) is 0 Å². The minimum Gasteiger partial charge on any atom is -0.508 e. The monoisotopic (exact) mass is 509 g/mol. The Morgan fingerprint density at radius 3 is 2.70 bits per heavy atom. The van der Waals surface area contributed by atoms with Crippen molar-refractivity contribution in [2.45, 2.75) is 46.2 Å². The van der Waals surface area contributed by atoms with Crippen LogP contribution in [0.15, 0.2) is 36.4 Å². The van der Waals surface area contributed by atoms with Gasteiger partial charge in [0.2, 0.25) is 5.91 Å². The zero-order valence-electron chi connectivity index (χ0n) is 18.9. The number of nitrogens with zero attached hydrogens (tertiary/aromatic N) is 3. The van der Waals surface area contributed by atoms with Gasteiger partial charge in [0.05, 0.1) is 16.4 Å². The third-order valence-electron chi connectivity index (χ3n) is 5.81. The number of nitrogens with one attached hydrogen (secondary N) is 1. The summed E-state index contributed by atoms with van der Waals surface area (Å²) in [6.45, 7) is 5.11. The summed E-state index contributed by atoms with van der Waals surface area (Å²) in [6, 6.07) is 11.7. The van der Waals surface area contributed by atoms with Crippen LogP contribution >= 0.6 is 15.9 Å². The molecule has 7 nitrogen and oxygen atoms in total. The Hall–Kier alpha value is -3.13. The number of anilines is 1. The maximum atomic E-state index is 11.6. The van der Waals surface area contributed by atoms with Gasteiger partial charge in [0.25, 0.3) is 0 Å². The lowest BCUT2D eigenvalue weighted by atomic mass is 10.1.